The maximum atomic E-state index is 13.4. The van der Waals surface area contributed by atoms with Crippen LogP contribution in [0.25, 0.3) is 0 Å². The Bertz CT molecular complexity index is 1420. The molecule has 40 heavy (non-hydrogen) atoms. The van der Waals surface area contributed by atoms with Gasteiger partial charge < -0.3 is 15.4 Å². The van der Waals surface area contributed by atoms with Crippen molar-refractivity contribution < 1.29 is 36.7 Å². The minimum atomic E-state index is -4.50. The van der Waals surface area contributed by atoms with Crippen LogP contribution in [-0.2, 0) is 20.5 Å². The average molecular weight is 574 g/mol. The topological polar surface area (TPSA) is 87.7 Å². The molecule has 4 rings (SSSR count). The molecular weight excluding hydrogens is 550 g/mol. The van der Waals surface area contributed by atoms with Gasteiger partial charge in [-0.15, -0.1) is 0 Å². The highest BCUT2D eigenvalue weighted by Gasteiger charge is 2.39. The van der Waals surface area contributed by atoms with E-state index in [1.165, 1.54) is 31.4 Å². The molecule has 0 saturated heterocycles. The highest BCUT2D eigenvalue weighted by atomic mass is 32.2. The standard InChI is InChI=1S/C28H23F4N3O4S/c1-39-16-2-15-35-26(37)23(33-20-9-7-19(29)8-10-20)24(27(35)38)40-22-13-11-21(12-14-22)34-25(36)17-3-5-18(6-4-17)28(30,31)32/h3-14,33H,2,15-16H2,1H3,(H,34,36). The van der Waals surface area contributed by atoms with Crippen LogP contribution in [0.2, 0.25) is 0 Å². The van der Waals surface area contributed by atoms with Gasteiger partial charge in [-0.1, -0.05) is 11.8 Å². The maximum Gasteiger partial charge on any atom is 0.416 e. The number of amides is 3. The summed E-state index contributed by atoms with van der Waals surface area (Å²) < 4.78 is 56.7. The van der Waals surface area contributed by atoms with Crippen LogP contribution in [0.4, 0.5) is 28.9 Å². The van der Waals surface area contributed by atoms with E-state index in [4.69, 9.17) is 4.74 Å². The van der Waals surface area contributed by atoms with Gasteiger partial charge in [0.2, 0.25) is 0 Å². The molecule has 3 amide bonds. The number of halogens is 4. The first-order valence-corrected chi connectivity index (χ1v) is 12.8. The van der Waals surface area contributed by atoms with E-state index in [0.717, 1.165) is 40.9 Å². The minimum Gasteiger partial charge on any atom is -0.385 e. The van der Waals surface area contributed by atoms with Crippen molar-refractivity contribution in [1.82, 2.24) is 4.90 Å². The molecule has 0 fully saturated rings. The van der Waals surface area contributed by atoms with E-state index in [9.17, 15) is 31.9 Å². The summed E-state index contributed by atoms with van der Waals surface area (Å²) >= 11 is 1.04. The van der Waals surface area contributed by atoms with Crippen molar-refractivity contribution in [2.75, 3.05) is 30.9 Å². The Morgan fingerprint density at radius 1 is 0.900 bits per heavy atom. The quantitative estimate of drug-likeness (QED) is 0.178. The fraction of sp³-hybridized carbons (Fsp3) is 0.179. The van der Waals surface area contributed by atoms with Crippen molar-refractivity contribution in [3.63, 3.8) is 0 Å². The molecule has 0 unspecified atom stereocenters. The Kier molecular flexibility index (Phi) is 8.90. The Labute approximate surface area is 231 Å². The van der Waals surface area contributed by atoms with Gasteiger partial charge in [-0.25, -0.2) is 4.39 Å². The molecule has 0 radical (unpaired) electrons. The summed E-state index contributed by atoms with van der Waals surface area (Å²) in [5, 5.41) is 5.54. The van der Waals surface area contributed by atoms with Crippen molar-refractivity contribution in [1.29, 1.82) is 0 Å². The molecule has 1 aliphatic heterocycles. The van der Waals surface area contributed by atoms with E-state index in [0.29, 0.717) is 29.3 Å². The van der Waals surface area contributed by atoms with E-state index in [-0.39, 0.29) is 22.7 Å². The van der Waals surface area contributed by atoms with E-state index in [1.54, 1.807) is 24.3 Å². The Hall–Kier alpha value is -4.16. The highest BCUT2D eigenvalue weighted by molar-refractivity contribution is 8.04. The summed E-state index contributed by atoms with van der Waals surface area (Å²) in [5.41, 5.74) is 0.0549. The van der Waals surface area contributed by atoms with Crippen molar-refractivity contribution in [3.8, 4) is 0 Å². The van der Waals surface area contributed by atoms with Gasteiger partial charge in [0, 0.05) is 42.1 Å². The Balaban J connectivity index is 1.50. The molecule has 0 aliphatic carbocycles. The number of carbonyl (C=O) groups excluding carboxylic acids is 3. The molecule has 2 N–H and O–H groups in total. The van der Waals surface area contributed by atoms with E-state index in [2.05, 4.69) is 10.6 Å². The number of thioether (sulfide) groups is 1. The first kappa shape index (κ1) is 28.8. The highest BCUT2D eigenvalue weighted by Crippen LogP contribution is 2.36. The number of hydrogen-bond donors (Lipinski definition) is 2. The third-order valence-corrected chi connectivity index (χ3v) is 6.87. The van der Waals surface area contributed by atoms with Gasteiger partial charge in [0.15, 0.2) is 0 Å². The summed E-state index contributed by atoms with van der Waals surface area (Å²) in [6, 6.07) is 15.6. The number of nitrogens with zero attached hydrogens (tertiary/aromatic N) is 1. The summed E-state index contributed by atoms with van der Waals surface area (Å²) in [5.74, 6) is -2.05. The van der Waals surface area contributed by atoms with Gasteiger partial charge >= 0.3 is 6.18 Å². The minimum absolute atomic E-state index is 0.0525. The van der Waals surface area contributed by atoms with Crippen LogP contribution in [0.3, 0.4) is 0 Å². The third-order valence-electron chi connectivity index (χ3n) is 5.78. The average Bonchev–Trinajstić information content (AvgIpc) is 3.14. The lowest BCUT2D eigenvalue weighted by atomic mass is 10.1. The van der Waals surface area contributed by atoms with Crippen LogP contribution >= 0.6 is 11.8 Å². The molecule has 12 heteroatoms. The number of imide groups is 1. The van der Waals surface area contributed by atoms with Crippen molar-refractivity contribution in [2.24, 2.45) is 0 Å². The number of benzene rings is 3. The smallest absolute Gasteiger partial charge is 0.385 e. The lowest BCUT2D eigenvalue weighted by Crippen LogP contribution is -2.33. The second-order valence-corrected chi connectivity index (χ2v) is 9.68. The summed E-state index contributed by atoms with van der Waals surface area (Å²) in [6.45, 7) is 0.513. The van der Waals surface area contributed by atoms with E-state index < -0.39 is 35.3 Å². The number of anilines is 2. The summed E-state index contributed by atoms with van der Waals surface area (Å²) in [7, 11) is 1.52. The van der Waals surface area contributed by atoms with Crippen molar-refractivity contribution in [3.05, 3.63) is 100 Å². The molecule has 0 spiro atoms. The van der Waals surface area contributed by atoms with Gasteiger partial charge in [-0.3, -0.25) is 19.3 Å². The SMILES string of the molecule is COCCCN1C(=O)C(Nc2ccc(F)cc2)=C(Sc2ccc(NC(=O)c3ccc(C(F)(F)F)cc3)cc2)C1=O. The van der Waals surface area contributed by atoms with Crippen molar-refractivity contribution >= 4 is 40.9 Å². The number of hydrogen-bond acceptors (Lipinski definition) is 6. The van der Waals surface area contributed by atoms with Gasteiger partial charge in [0.05, 0.1) is 5.56 Å². The number of ether oxygens (including phenoxy) is 1. The zero-order valence-electron chi connectivity index (χ0n) is 21.0. The number of carbonyl (C=O) groups is 3. The number of methoxy groups -OCH3 is 1. The van der Waals surface area contributed by atoms with Crippen LogP contribution < -0.4 is 10.6 Å². The Morgan fingerprint density at radius 3 is 2.12 bits per heavy atom. The molecule has 1 heterocycles. The zero-order chi connectivity index (χ0) is 28.9. The number of alkyl halides is 3. The normalized spacial score (nSPS) is 13.7. The molecule has 0 bridgehead atoms. The predicted molar refractivity (Wildman–Crippen MR) is 142 cm³/mol. The first-order chi connectivity index (χ1) is 19.1. The summed E-state index contributed by atoms with van der Waals surface area (Å²) in [4.78, 5) is 40.6. The molecule has 0 saturated carbocycles. The number of nitrogens with one attached hydrogen (secondary N) is 2. The van der Waals surface area contributed by atoms with Crippen LogP contribution in [-0.4, -0.2) is 42.9 Å². The van der Waals surface area contributed by atoms with Gasteiger partial charge in [-0.2, -0.15) is 13.2 Å². The van der Waals surface area contributed by atoms with E-state index in [1.807, 2.05) is 0 Å². The fourth-order valence-electron chi connectivity index (χ4n) is 3.74. The second kappa shape index (κ2) is 12.3. The van der Waals surface area contributed by atoms with Gasteiger partial charge in [0.1, 0.15) is 16.4 Å². The second-order valence-electron chi connectivity index (χ2n) is 8.60. The van der Waals surface area contributed by atoms with Crippen molar-refractivity contribution in [2.45, 2.75) is 17.5 Å². The van der Waals surface area contributed by atoms with Crippen LogP contribution in [0, 0.1) is 5.82 Å². The first-order valence-electron chi connectivity index (χ1n) is 12.0. The van der Waals surface area contributed by atoms with Crippen LogP contribution in [0.1, 0.15) is 22.3 Å². The molecule has 0 aromatic heterocycles. The monoisotopic (exact) mass is 573 g/mol. The lowest BCUT2D eigenvalue weighted by Gasteiger charge is -2.14. The molecule has 3 aromatic carbocycles. The van der Waals surface area contributed by atoms with Gasteiger partial charge in [-0.05, 0) is 79.2 Å². The summed E-state index contributed by atoms with van der Waals surface area (Å²) in [6.07, 6.45) is -4.05. The Morgan fingerprint density at radius 2 is 1.52 bits per heavy atom. The van der Waals surface area contributed by atoms with Crippen LogP contribution in [0.5, 0.6) is 0 Å². The molecule has 7 nitrogen and oxygen atoms in total. The van der Waals surface area contributed by atoms with E-state index >= 15 is 0 Å². The third kappa shape index (κ3) is 6.88. The molecule has 3 aromatic rings. The molecule has 1 aliphatic rings. The van der Waals surface area contributed by atoms with Gasteiger partial charge in [0.25, 0.3) is 17.7 Å². The zero-order valence-corrected chi connectivity index (χ0v) is 21.9. The largest absolute Gasteiger partial charge is 0.416 e. The maximum absolute atomic E-state index is 13.4. The lowest BCUT2D eigenvalue weighted by molar-refractivity contribution is -0.138. The molecule has 208 valence electrons. The van der Waals surface area contributed by atoms with Crippen LogP contribution in [0.15, 0.2) is 88.3 Å². The molecular formula is C28H23F4N3O4S. The number of rotatable bonds is 10. The molecule has 0 atom stereocenters. The fourth-order valence-corrected chi connectivity index (χ4v) is 4.69. The predicted octanol–water partition coefficient (Wildman–Crippen LogP) is 5.92.